The number of rotatable bonds is 3. The molecule has 0 aliphatic rings. The van der Waals surface area contributed by atoms with E-state index in [4.69, 9.17) is 5.73 Å². The second kappa shape index (κ2) is 4.36. The summed E-state index contributed by atoms with van der Waals surface area (Å²) < 4.78 is 0. The number of anilines is 1. The van der Waals surface area contributed by atoms with E-state index in [-0.39, 0.29) is 0 Å². The molecule has 0 saturated carbocycles. The zero-order chi connectivity index (χ0) is 8.97. The van der Waals surface area contributed by atoms with E-state index in [1.165, 1.54) is 0 Å². The third kappa shape index (κ3) is 2.41. The van der Waals surface area contributed by atoms with Crippen LogP contribution in [0.2, 0.25) is 0 Å². The Labute approximate surface area is 77.6 Å². The van der Waals surface area contributed by atoms with Crippen molar-refractivity contribution in [1.82, 2.24) is 4.98 Å². The molecule has 0 aromatic carbocycles. The summed E-state index contributed by atoms with van der Waals surface area (Å²) in [6.07, 6.45) is 3.01. The van der Waals surface area contributed by atoms with E-state index in [1.54, 1.807) is 11.8 Å². The molecule has 1 heterocycles. The normalized spacial score (nSPS) is 10.2. The molecule has 0 saturated heterocycles. The number of nitrogens with zero attached hydrogens (tertiary/aromatic N) is 1. The van der Waals surface area contributed by atoms with Gasteiger partial charge in [-0.2, -0.15) is 0 Å². The quantitative estimate of drug-likeness (QED) is 0.730. The summed E-state index contributed by atoms with van der Waals surface area (Å²) in [6, 6.07) is 1.96. The molecule has 3 heteroatoms. The molecule has 0 atom stereocenters. The molecule has 0 aliphatic carbocycles. The lowest BCUT2D eigenvalue weighted by Gasteiger charge is -2.03. The highest BCUT2D eigenvalue weighted by atomic mass is 32.2. The van der Waals surface area contributed by atoms with E-state index < -0.39 is 0 Å². The van der Waals surface area contributed by atoms with Crippen molar-refractivity contribution in [2.24, 2.45) is 0 Å². The molecule has 0 aliphatic heterocycles. The summed E-state index contributed by atoms with van der Waals surface area (Å²) in [5.74, 6) is 1.08. The van der Waals surface area contributed by atoms with Gasteiger partial charge in [-0.1, -0.05) is 6.92 Å². The van der Waals surface area contributed by atoms with Crippen LogP contribution >= 0.6 is 11.8 Å². The van der Waals surface area contributed by atoms with Gasteiger partial charge >= 0.3 is 0 Å². The fraction of sp³-hybridized carbons (Fsp3) is 0.444. The molecule has 2 nitrogen and oxygen atoms in total. The van der Waals surface area contributed by atoms with Crippen LogP contribution in [0.5, 0.6) is 0 Å². The van der Waals surface area contributed by atoms with Crippen LogP contribution in [0.1, 0.15) is 18.9 Å². The Morgan fingerprint density at radius 1 is 1.58 bits per heavy atom. The van der Waals surface area contributed by atoms with Crippen LogP contribution in [0.25, 0.3) is 0 Å². The van der Waals surface area contributed by atoms with Crippen molar-refractivity contribution in [3.63, 3.8) is 0 Å². The minimum atomic E-state index is 0.799. The molecule has 1 aromatic heterocycles. The van der Waals surface area contributed by atoms with Crippen molar-refractivity contribution in [1.29, 1.82) is 0 Å². The lowest BCUT2D eigenvalue weighted by atomic mass is 10.3. The first kappa shape index (κ1) is 9.39. The number of hydrogen-bond acceptors (Lipinski definition) is 3. The zero-order valence-corrected chi connectivity index (χ0v) is 8.32. The van der Waals surface area contributed by atoms with Gasteiger partial charge in [0.2, 0.25) is 0 Å². The van der Waals surface area contributed by atoms with Gasteiger partial charge in [-0.15, -0.1) is 11.8 Å². The van der Waals surface area contributed by atoms with Gasteiger partial charge in [0.15, 0.2) is 0 Å². The second-order valence-electron chi connectivity index (χ2n) is 2.76. The maximum Gasteiger partial charge on any atom is 0.119 e. The van der Waals surface area contributed by atoms with Gasteiger partial charge in [0.25, 0.3) is 0 Å². The first-order chi connectivity index (χ1) is 5.74. The minimum Gasteiger partial charge on any atom is -0.397 e. The number of thioether (sulfide) groups is 1. The molecule has 0 bridgehead atoms. The first-order valence-electron chi connectivity index (χ1n) is 4.09. The summed E-state index contributed by atoms with van der Waals surface area (Å²) in [4.78, 5) is 4.25. The maximum atomic E-state index is 5.78. The third-order valence-electron chi connectivity index (χ3n) is 1.46. The van der Waals surface area contributed by atoms with Crippen molar-refractivity contribution in [2.75, 3.05) is 11.5 Å². The van der Waals surface area contributed by atoms with E-state index in [1.807, 2.05) is 19.2 Å². The topological polar surface area (TPSA) is 38.9 Å². The molecule has 1 aromatic rings. The third-order valence-corrected chi connectivity index (χ3v) is 2.69. The number of nitrogen functional groups attached to an aromatic ring is 1. The van der Waals surface area contributed by atoms with E-state index in [2.05, 4.69) is 11.9 Å². The van der Waals surface area contributed by atoms with Gasteiger partial charge in [0.05, 0.1) is 5.69 Å². The average molecular weight is 182 g/mol. The van der Waals surface area contributed by atoms with Crippen LogP contribution < -0.4 is 5.73 Å². The monoisotopic (exact) mass is 182 g/mol. The first-order valence-corrected chi connectivity index (χ1v) is 5.07. The summed E-state index contributed by atoms with van der Waals surface area (Å²) in [5, 5.41) is 0.961. The molecular weight excluding hydrogens is 168 g/mol. The smallest absolute Gasteiger partial charge is 0.119 e. The van der Waals surface area contributed by atoms with Crippen molar-refractivity contribution < 1.29 is 0 Å². The summed E-state index contributed by atoms with van der Waals surface area (Å²) in [7, 11) is 0. The molecule has 12 heavy (non-hydrogen) atoms. The largest absolute Gasteiger partial charge is 0.397 e. The van der Waals surface area contributed by atoms with Crippen molar-refractivity contribution >= 4 is 17.4 Å². The van der Waals surface area contributed by atoms with E-state index in [9.17, 15) is 0 Å². The van der Waals surface area contributed by atoms with Gasteiger partial charge in [-0.05, 0) is 30.7 Å². The molecule has 0 radical (unpaired) electrons. The molecule has 0 unspecified atom stereocenters. The summed E-state index contributed by atoms with van der Waals surface area (Å²) >= 11 is 1.72. The average Bonchev–Trinajstić information content (AvgIpc) is 2.03. The molecule has 1 rings (SSSR count). The molecule has 2 N–H and O–H groups in total. The Hall–Kier alpha value is -0.700. The minimum absolute atomic E-state index is 0.799. The fourth-order valence-corrected chi connectivity index (χ4v) is 1.65. The SMILES string of the molecule is CCCSc1ncc(C)cc1N. The van der Waals surface area contributed by atoms with Gasteiger partial charge in [-0.25, -0.2) is 4.98 Å². The maximum absolute atomic E-state index is 5.78. The van der Waals surface area contributed by atoms with Crippen molar-refractivity contribution in [3.05, 3.63) is 17.8 Å². The van der Waals surface area contributed by atoms with Crippen LogP contribution in [0.4, 0.5) is 5.69 Å². The number of aromatic nitrogens is 1. The van der Waals surface area contributed by atoms with Crippen LogP contribution in [0, 0.1) is 6.92 Å². The molecule has 0 spiro atoms. The van der Waals surface area contributed by atoms with Crippen LogP contribution in [0.15, 0.2) is 17.3 Å². The predicted molar refractivity (Wildman–Crippen MR) is 54.4 cm³/mol. The zero-order valence-electron chi connectivity index (χ0n) is 7.50. The van der Waals surface area contributed by atoms with E-state index >= 15 is 0 Å². The molecule has 0 amide bonds. The van der Waals surface area contributed by atoms with Crippen LogP contribution in [-0.4, -0.2) is 10.7 Å². The highest BCUT2D eigenvalue weighted by Crippen LogP contribution is 2.23. The van der Waals surface area contributed by atoms with Crippen LogP contribution in [-0.2, 0) is 0 Å². The molecular formula is C9H14N2S. The Bertz CT molecular complexity index is 261. The van der Waals surface area contributed by atoms with Crippen LogP contribution in [0.3, 0.4) is 0 Å². The number of aryl methyl sites for hydroxylation is 1. The lowest BCUT2D eigenvalue weighted by Crippen LogP contribution is -1.93. The van der Waals surface area contributed by atoms with Gasteiger partial charge in [0.1, 0.15) is 5.03 Å². The molecule has 66 valence electrons. The Kier molecular flexibility index (Phi) is 3.41. The van der Waals surface area contributed by atoms with E-state index in [0.29, 0.717) is 0 Å². The highest BCUT2D eigenvalue weighted by molar-refractivity contribution is 7.99. The highest BCUT2D eigenvalue weighted by Gasteiger charge is 1.99. The van der Waals surface area contributed by atoms with Gasteiger partial charge in [-0.3, -0.25) is 0 Å². The Morgan fingerprint density at radius 3 is 2.92 bits per heavy atom. The molecule has 0 fully saturated rings. The Balaban J connectivity index is 2.72. The van der Waals surface area contributed by atoms with Crippen molar-refractivity contribution in [2.45, 2.75) is 25.3 Å². The van der Waals surface area contributed by atoms with Gasteiger partial charge < -0.3 is 5.73 Å². The van der Waals surface area contributed by atoms with Gasteiger partial charge in [0, 0.05) is 6.20 Å². The second-order valence-corrected chi connectivity index (χ2v) is 3.84. The predicted octanol–water partition coefficient (Wildman–Crippen LogP) is 2.47. The Morgan fingerprint density at radius 2 is 2.33 bits per heavy atom. The number of hydrogen-bond donors (Lipinski definition) is 1. The number of nitrogens with two attached hydrogens (primary N) is 1. The lowest BCUT2D eigenvalue weighted by molar-refractivity contribution is 1.08. The fourth-order valence-electron chi connectivity index (χ4n) is 0.899. The summed E-state index contributed by atoms with van der Waals surface area (Å²) in [6.45, 7) is 4.15. The van der Waals surface area contributed by atoms with Crippen molar-refractivity contribution in [3.8, 4) is 0 Å². The summed E-state index contributed by atoms with van der Waals surface area (Å²) in [5.41, 5.74) is 7.70. The number of pyridine rings is 1. The standard InChI is InChI=1S/C9H14N2S/c1-3-4-12-9-8(10)5-7(2)6-11-9/h5-6H,3-4,10H2,1-2H3. The van der Waals surface area contributed by atoms with E-state index in [0.717, 1.165) is 28.5 Å².